The molecule has 0 atom stereocenters. The molecule has 0 saturated carbocycles. The molecule has 1 aromatic carbocycles. The van der Waals surface area contributed by atoms with Gasteiger partial charge >= 0.3 is 0 Å². The number of rotatable bonds is 1. The van der Waals surface area contributed by atoms with E-state index in [1.54, 1.807) is 42.7 Å². The van der Waals surface area contributed by atoms with Crippen molar-refractivity contribution in [2.45, 2.75) is 0 Å². The minimum atomic E-state index is -0.233. The van der Waals surface area contributed by atoms with Gasteiger partial charge in [0.1, 0.15) is 10.1 Å². The van der Waals surface area contributed by atoms with Crippen molar-refractivity contribution in [3.8, 4) is 11.8 Å². The zero-order valence-electron chi connectivity index (χ0n) is 13.4. The Bertz CT molecular complexity index is 1210. The molecule has 1 saturated heterocycles. The lowest BCUT2D eigenvalue weighted by molar-refractivity contribution is -0.115. The van der Waals surface area contributed by atoms with E-state index in [0.29, 0.717) is 36.2 Å². The van der Waals surface area contributed by atoms with Gasteiger partial charge in [0.05, 0.1) is 20.5 Å². The second-order valence-electron chi connectivity index (χ2n) is 5.49. The Labute approximate surface area is 173 Å². The molecule has 4 rings (SSSR count). The maximum atomic E-state index is 11.8. The lowest BCUT2D eigenvalue weighted by atomic mass is 10.2. The van der Waals surface area contributed by atoms with Gasteiger partial charge in [0, 0.05) is 29.4 Å². The molecule has 1 fully saturated rings. The Morgan fingerprint density at radius 2 is 2.04 bits per heavy atom. The van der Waals surface area contributed by atoms with E-state index < -0.39 is 0 Å². The molecule has 0 spiro atoms. The number of halogens is 2. The first-order valence-electron chi connectivity index (χ1n) is 7.59. The number of thiocarbonyl (C=S) groups is 1. The SMILES string of the molecule is O=C1NC(=S)S/C1=C/c1cc2cncc(C#Cc3ccc(Cl)c(Cl)c3)c2o1. The van der Waals surface area contributed by atoms with Crippen molar-refractivity contribution in [1.29, 1.82) is 0 Å². The molecule has 3 heterocycles. The summed E-state index contributed by atoms with van der Waals surface area (Å²) in [6.07, 6.45) is 4.95. The molecule has 0 radical (unpaired) electrons. The van der Waals surface area contributed by atoms with E-state index in [2.05, 4.69) is 22.1 Å². The van der Waals surface area contributed by atoms with Gasteiger partial charge in [0.15, 0.2) is 5.58 Å². The molecule has 1 N–H and O–H groups in total. The van der Waals surface area contributed by atoms with E-state index >= 15 is 0 Å². The summed E-state index contributed by atoms with van der Waals surface area (Å²) >= 11 is 18.1. The fourth-order valence-corrected chi connectivity index (χ4v) is 3.73. The molecule has 1 aliphatic rings. The summed E-state index contributed by atoms with van der Waals surface area (Å²) in [4.78, 5) is 16.5. The number of nitrogens with one attached hydrogen (secondary N) is 1. The third kappa shape index (κ3) is 3.87. The summed E-state index contributed by atoms with van der Waals surface area (Å²) in [5.41, 5.74) is 1.94. The highest BCUT2D eigenvalue weighted by Crippen LogP contribution is 2.29. The second kappa shape index (κ2) is 7.37. The first-order chi connectivity index (χ1) is 13.0. The summed E-state index contributed by atoms with van der Waals surface area (Å²) in [6.45, 7) is 0. The molecule has 1 aliphatic heterocycles. The van der Waals surface area contributed by atoms with Crippen LogP contribution in [0.25, 0.3) is 17.0 Å². The summed E-state index contributed by atoms with van der Waals surface area (Å²) < 4.78 is 6.30. The van der Waals surface area contributed by atoms with Gasteiger partial charge in [-0.1, -0.05) is 59.0 Å². The number of hydrogen-bond donors (Lipinski definition) is 1. The highest BCUT2D eigenvalue weighted by molar-refractivity contribution is 8.26. The Morgan fingerprint density at radius 1 is 1.19 bits per heavy atom. The number of hydrogen-bond acceptors (Lipinski definition) is 5. The summed E-state index contributed by atoms with van der Waals surface area (Å²) in [5, 5.41) is 4.27. The average molecular weight is 431 g/mol. The van der Waals surface area contributed by atoms with Crippen LogP contribution in [0, 0.1) is 11.8 Å². The third-order valence-corrected chi connectivity index (χ3v) is 5.52. The van der Waals surface area contributed by atoms with Crippen LogP contribution >= 0.6 is 47.2 Å². The maximum absolute atomic E-state index is 11.8. The fourth-order valence-electron chi connectivity index (χ4n) is 2.41. The summed E-state index contributed by atoms with van der Waals surface area (Å²) in [6, 6.07) is 6.97. The van der Waals surface area contributed by atoms with Gasteiger partial charge in [-0.05, 0) is 24.3 Å². The first-order valence-corrected chi connectivity index (χ1v) is 9.57. The number of fused-ring (bicyclic) bond motifs is 1. The number of furan rings is 1. The van der Waals surface area contributed by atoms with E-state index in [-0.39, 0.29) is 5.91 Å². The van der Waals surface area contributed by atoms with Gasteiger partial charge in [-0.25, -0.2) is 0 Å². The van der Waals surface area contributed by atoms with Crippen molar-refractivity contribution in [2.24, 2.45) is 0 Å². The number of carbonyl (C=O) groups is 1. The molecule has 4 nitrogen and oxygen atoms in total. The zero-order valence-corrected chi connectivity index (χ0v) is 16.5. The molecule has 0 unspecified atom stereocenters. The van der Waals surface area contributed by atoms with Crippen molar-refractivity contribution >= 4 is 74.5 Å². The molecular weight excluding hydrogens is 423 g/mol. The molecule has 0 aliphatic carbocycles. The van der Waals surface area contributed by atoms with E-state index in [1.807, 2.05) is 0 Å². The fraction of sp³-hybridized carbons (Fsp3) is 0. The van der Waals surface area contributed by atoms with Crippen molar-refractivity contribution in [3.05, 3.63) is 68.5 Å². The normalized spacial score (nSPS) is 15.1. The first kappa shape index (κ1) is 18.1. The number of benzene rings is 1. The van der Waals surface area contributed by atoms with Crippen LogP contribution in [0.3, 0.4) is 0 Å². The summed E-state index contributed by atoms with van der Waals surface area (Å²) in [7, 11) is 0. The quantitative estimate of drug-likeness (QED) is 0.333. The Kier molecular flexibility index (Phi) is 4.94. The van der Waals surface area contributed by atoms with Crippen LogP contribution in [0.1, 0.15) is 16.9 Å². The maximum Gasteiger partial charge on any atom is 0.263 e. The Balaban J connectivity index is 1.71. The minimum Gasteiger partial charge on any atom is -0.455 e. The van der Waals surface area contributed by atoms with Crippen molar-refractivity contribution in [1.82, 2.24) is 10.3 Å². The number of amides is 1. The topological polar surface area (TPSA) is 55.1 Å². The van der Waals surface area contributed by atoms with Gasteiger partial charge in [-0.15, -0.1) is 0 Å². The number of aromatic nitrogens is 1. The number of pyridine rings is 1. The standard InChI is InChI=1S/C19H8Cl2N2O2S2/c20-14-4-2-10(5-15(14)21)1-3-11-8-22-9-12-6-13(25-17(11)12)7-16-18(24)23-19(26)27-16/h2,4-9H,(H,23,24,26)/b16-7+. The minimum absolute atomic E-state index is 0.233. The van der Waals surface area contributed by atoms with Crippen LogP contribution in [0.2, 0.25) is 10.0 Å². The average Bonchev–Trinajstić information content (AvgIpc) is 3.18. The van der Waals surface area contributed by atoms with Crippen LogP contribution in [0.15, 0.2) is 46.0 Å². The van der Waals surface area contributed by atoms with Gasteiger partial charge in [-0.3, -0.25) is 9.78 Å². The van der Waals surface area contributed by atoms with Crippen LogP contribution in [-0.4, -0.2) is 15.2 Å². The van der Waals surface area contributed by atoms with E-state index in [1.165, 1.54) is 11.8 Å². The van der Waals surface area contributed by atoms with Gasteiger partial charge in [0.25, 0.3) is 5.91 Å². The molecule has 0 bridgehead atoms. The van der Waals surface area contributed by atoms with Gasteiger partial charge in [-0.2, -0.15) is 0 Å². The van der Waals surface area contributed by atoms with E-state index in [0.717, 1.165) is 10.9 Å². The molecule has 3 aromatic rings. The number of nitrogens with zero attached hydrogens (tertiary/aromatic N) is 1. The molecule has 8 heteroatoms. The Hall–Kier alpha value is -2.30. The van der Waals surface area contributed by atoms with Crippen LogP contribution in [0.5, 0.6) is 0 Å². The summed E-state index contributed by atoms with van der Waals surface area (Å²) in [5.74, 6) is 6.35. The Morgan fingerprint density at radius 3 is 2.78 bits per heavy atom. The van der Waals surface area contributed by atoms with Crippen molar-refractivity contribution in [2.75, 3.05) is 0 Å². The molecule has 27 heavy (non-hydrogen) atoms. The molecule has 2 aromatic heterocycles. The molecule has 132 valence electrons. The second-order valence-corrected chi connectivity index (χ2v) is 8.02. The van der Waals surface area contributed by atoms with E-state index in [4.69, 9.17) is 39.8 Å². The predicted molar refractivity (Wildman–Crippen MR) is 113 cm³/mol. The van der Waals surface area contributed by atoms with Crippen LogP contribution in [0.4, 0.5) is 0 Å². The third-order valence-electron chi connectivity index (χ3n) is 3.62. The number of carbonyl (C=O) groups excluding carboxylic acids is 1. The lowest BCUT2D eigenvalue weighted by Crippen LogP contribution is -2.17. The van der Waals surface area contributed by atoms with Crippen molar-refractivity contribution in [3.63, 3.8) is 0 Å². The lowest BCUT2D eigenvalue weighted by Gasteiger charge is -1.95. The van der Waals surface area contributed by atoms with E-state index in [9.17, 15) is 4.79 Å². The monoisotopic (exact) mass is 430 g/mol. The van der Waals surface area contributed by atoms with Crippen LogP contribution < -0.4 is 5.32 Å². The number of thioether (sulfide) groups is 1. The van der Waals surface area contributed by atoms with Crippen molar-refractivity contribution < 1.29 is 9.21 Å². The molecule has 1 amide bonds. The van der Waals surface area contributed by atoms with Crippen LogP contribution in [-0.2, 0) is 4.79 Å². The molecular formula is C19H8Cl2N2O2S2. The zero-order chi connectivity index (χ0) is 19.0. The van der Waals surface area contributed by atoms with Gasteiger partial charge < -0.3 is 9.73 Å². The van der Waals surface area contributed by atoms with Gasteiger partial charge in [0.2, 0.25) is 0 Å². The smallest absolute Gasteiger partial charge is 0.263 e. The highest BCUT2D eigenvalue weighted by atomic mass is 35.5. The largest absolute Gasteiger partial charge is 0.455 e. The highest BCUT2D eigenvalue weighted by Gasteiger charge is 2.22. The predicted octanol–water partition coefficient (Wildman–Crippen LogP) is 5.02.